The maximum atomic E-state index is 9.72. The minimum Gasteiger partial charge on any atom is -0.394 e. The molecule has 0 amide bonds. The van der Waals surface area contributed by atoms with E-state index in [9.17, 15) is 5.11 Å². The van der Waals surface area contributed by atoms with Crippen molar-refractivity contribution in [1.29, 1.82) is 0 Å². The first-order valence-corrected chi connectivity index (χ1v) is 10.6. The summed E-state index contributed by atoms with van der Waals surface area (Å²) in [5.41, 5.74) is 5.43. The average Bonchev–Trinajstić information content (AvgIpc) is 2.72. The van der Waals surface area contributed by atoms with Crippen molar-refractivity contribution in [1.82, 2.24) is 9.97 Å². The summed E-state index contributed by atoms with van der Waals surface area (Å²) in [6.45, 7) is 10.7. The Hall–Kier alpha value is -2.92. The van der Waals surface area contributed by atoms with Crippen LogP contribution in [-0.4, -0.2) is 27.7 Å². The van der Waals surface area contributed by atoms with Crippen molar-refractivity contribution in [3.05, 3.63) is 65.7 Å². The number of aryl methyl sites for hydroxylation is 1. The molecule has 0 saturated carbocycles. The van der Waals surface area contributed by atoms with Gasteiger partial charge in [0.15, 0.2) is 0 Å². The van der Waals surface area contributed by atoms with Gasteiger partial charge in [-0.3, -0.25) is 0 Å². The van der Waals surface area contributed by atoms with Crippen LogP contribution in [-0.2, 0) is 0 Å². The maximum Gasteiger partial charge on any atom is 0.225 e. The molecule has 3 N–H and O–H groups in total. The highest BCUT2D eigenvalue weighted by atomic mass is 16.3. The first-order valence-electron chi connectivity index (χ1n) is 10.6. The summed E-state index contributed by atoms with van der Waals surface area (Å²) >= 11 is 0. The zero-order valence-electron chi connectivity index (χ0n) is 18.5. The van der Waals surface area contributed by atoms with Crippen molar-refractivity contribution in [2.75, 3.05) is 17.2 Å². The second kappa shape index (κ2) is 9.72. The Kier molecular flexibility index (Phi) is 7.06. The van der Waals surface area contributed by atoms with Gasteiger partial charge in [0.05, 0.1) is 18.3 Å². The highest BCUT2D eigenvalue weighted by Crippen LogP contribution is 2.27. The Morgan fingerprint density at radius 2 is 1.67 bits per heavy atom. The Morgan fingerprint density at radius 3 is 2.27 bits per heavy atom. The number of aromatic nitrogens is 2. The normalized spacial score (nSPS) is 12.3. The molecule has 3 aromatic rings. The van der Waals surface area contributed by atoms with Gasteiger partial charge in [0.25, 0.3) is 0 Å². The van der Waals surface area contributed by atoms with Crippen molar-refractivity contribution >= 4 is 17.5 Å². The minimum absolute atomic E-state index is 0.0230. The highest BCUT2D eigenvalue weighted by Gasteiger charge is 2.15. The maximum absolute atomic E-state index is 9.72. The van der Waals surface area contributed by atoms with Crippen LogP contribution in [0.1, 0.15) is 44.7 Å². The largest absolute Gasteiger partial charge is 0.394 e. The molecular formula is C25H32N4O. The van der Waals surface area contributed by atoms with E-state index < -0.39 is 0 Å². The van der Waals surface area contributed by atoms with E-state index in [4.69, 9.17) is 4.98 Å². The number of hydrogen-bond acceptors (Lipinski definition) is 5. The molecule has 0 spiro atoms. The molecular weight excluding hydrogens is 372 g/mol. The molecule has 0 radical (unpaired) electrons. The van der Waals surface area contributed by atoms with Gasteiger partial charge in [-0.05, 0) is 42.0 Å². The van der Waals surface area contributed by atoms with Crippen LogP contribution in [0.4, 0.5) is 17.5 Å². The summed E-state index contributed by atoms with van der Waals surface area (Å²) in [5.74, 6) is 1.96. The molecule has 5 heteroatoms. The van der Waals surface area contributed by atoms with Gasteiger partial charge in [0.2, 0.25) is 5.95 Å². The van der Waals surface area contributed by atoms with E-state index in [0.29, 0.717) is 17.7 Å². The van der Waals surface area contributed by atoms with Crippen LogP contribution in [0, 0.1) is 12.8 Å². The van der Waals surface area contributed by atoms with Crippen LogP contribution in [0.25, 0.3) is 11.3 Å². The van der Waals surface area contributed by atoms with Crippen molar-refractivity contribution in [2.24, 2.45) is 5.92 Å². The summed E-state index contributed by atoms with van der Waals surface area (Å²) in [4.78, 5) is 9.36. The van der Waals surface area contributed by atoms with Crippen molar-refractivity contribution < 1.29 is 5.11 Å². The van der Waals surface area contributed by atoms with E-state index in [-0.39, 0.29) is 18.6 Å². The lowest BCUT2D eigenvalue weighted by atomic mass is 9.98. The third kappa shape index (κ3) is 5.36. The molecule has 0 aliphatic carbocycles. The lowest BCUT2D eigenvalue weighted by Gasteiger charge is -2.21. The zero-order valence-corrected chi connectivity index (χ0v) is 18.5. The second-order valence-electron chi connectivity index (χ2n) is 8.36. The number of nitrogens with one attached hydrogen (secondary N) is 2. The molecule has 0 bridgehead atoms. The first-order chi connectivity index (χ1) is 14.4. The van der Waals surface area contributed by atoms with Crippen LogP contribution < -0.4 is 10.6 Å². The van der Waals surface area contributed by atoms with Crippen LogP contribution >= 0.6 is 0 Å². The number of hydrogen-bond donors (Lipinski definition) is 3. The molecule has 0 fully saturated rings. The lowest BCUT2D eigenvalue weighted by molar-refractivity contribution is 0.248. The minimum atomic E-state index is -0.114. The average molecular weight is 405 g/mol. The lowest BCUT2D eigenvalue weighted by Crippen LogP contribution is -2.30. The van der Waals surface area contributed by atoms with E-state index in [2.05, 4.69) is 68.4 Å². The van der Waals surface area contributed by atoms with Gasteiger partial charge < -0.3 is 15.7 Å². The van der Waals surface area contributed by atoms with Crippen molar-refractivity contribution in [3.63, 3.8) is 0 Å². The molecule has 2 aromatic carbocycles. The van der Waals surface area contributed by atoms with Crippen molar-refractivity contribution in [3.8, 4) is 11.3 Å². The molecule has 3 rings (SSSR count). The van der Waals surface area contributed by atoms with Crippen LogP contribution in [0.15, 0.2) is 54.6 Å². The molecule has 158 valence electrons. The fourth-order valence-electron chi connectivity index (χ4n) is 3.47. The van der Waals surface area contributed by atoms with Gasteiger partial charge >= 0.3 is 0 Å². The molecule has 1 aromatic heterocycles. The van der Waals surface area contributed by atoms with Gasteiger partial charge in [-0.15, -0.1) is 0 Å². The van der Waals surface area contributed by atoms with E-state index in [1.807, 2.05) is 36.4 Å². The summed E-state index contributed by atoms with van der Waals surface area (Å²) in [6, 6.07) is 18.3. The number of benzene rings is 2. The quantitative estimate of drug-likeness (QED) is 0.446. The molecule has 1 heterocycles. The Morgan fingerprint density at radius 1 is 0.933 bits per heavy atom. The third-order valence-corrected chi connectivity index (χ3v) is 5.28. The van der Waals surface area contributed by atoms with Gasteiger partial charge in [-0.1, -0.05) is 64.1 Å². The molecule has 0 saturated heterocycles. The zero-order chi connectivity index (χ0) is 21.7. The van der Waals surface area contributed by atoms with E-state index >= 15 is 0 Å². The molecule has 5 nitrogen and oxygen atoms in total. The number of aliphatic hydroxyl groups excluding tert-OH is 1. The summed E-state index contributed by atoms with van der Waals surface area (Å²) in [7, 11) is 0. The SMILES string of the molecule is Cc1cc(Nc2cc(-c3ccccc3)nc(N[C@@H](CO)C(C)C)n2)ccc1C(C)C. The molecule has 0 unspecified atom stereocenters. The highest BCUT2D eigenvalue weighted by molar-refractivity contribution is 5.67. The number of anilines is 3. The first kappa shape index (κ1) is 21.8. The fourth-order valence-corrected chi connectivity index (χ4v) is 3.47. The van der Waals surface area contributed by atoms with Crippen LogP contribution in [0.5, 0.6) is 0 Å². The second-order valence-corrected chi connectivity index (χ2v) is 8.36. The number of aliphatic hydroxyl groups is 1. The molecule has 1 atom stereocenters. The standard InChI is InChI=1S/C25H32N4O/c1-16(2)21-12-11-20(13-18(21)5)26-24-14-22(19-9-7-6-8-10-19)27-25(29-24)28-23(15-30)17(3)4/h6-14,16-17,23,30H,15H2,1-5H3,(H2,26,27,28,29)/t23-/m0/s1. The topological polar surface area (TPSA) is 70.1 Å². The summed E-state index contributed by atoms with van der Waals surface area (Å²) < 4.78 is 0. The van der Waals surface area contributed by atoms with Crippen molar-refractivity contribution in [2.45, 2.75) is 46.6 Å². The fraction of sp³-hybridized carbons (Fsp3) is 0.360. The molecule has 0 aliphatic heterocycles. The Labute approximate surface area is 179 Å². The molecule has 30 heavy (non-hydrogen) atoms. The van der Waals surface area contributed by atoms with E-state index in [1.54, 1.807) is 0 Å². The van der Waals surface area contributed by atoms with Gasteiger partial charge in [-0.25, -0.2) is 4.98 Å². The van der Waals surface area contributed by atoms with E-state index in [0.717, 1.165) is 16.9 Å². The smallest absolute Gasteiger partial charge is 0.225 e. The molecule has 0 aliphatic rings. The predicted molar refractivity (Wildman–Crippen MR) is 125 cm³/mol. The van der Waals surface area contributed by atoms with Gasteiger partial charge in [-0.2, -0.15) is 4.98 Å². The summed E-state index contributed by atoms with van der Waals surface area (Å²) in [6.07, 6.45) is 0. The van der Waals surface area contributed by atoms with Crippen LogP contribution in [0.2, 0.25) is 0 Å². The van der Waals surface area contributed by atoms with E-state index in [1.165, 1.54) is 11.1 Å². The van der Waals surface area contributed by atoms with Gasteiger partial charge in [0, 0.05) is 17.3 Å². The monoisotopic (exact) mass is 404 g/mol. The number of rotatable bonds is 8. The van der Waals surface area contributed by atoms with Crippen LogP contribution in [0.3, 0.4) is 0 Å². The summed E-state index contributed by atoms with van der Waals surface area (Å²) in [5, 5.41) is 16.4. The predicted octanol–water partition coefficient (Wildman–Crippen LogP) is 5.75. The number of nitrogens with zero attached hydrogens (tertiary/aromatic N) is 2. The Bertz CT molecular complexity index is 970. The Balaban J connectivity index is 1.96. The van der Waals surface area contributed by atoms with Gasteiger partial charge in [0.1, 0.15) is 5.82 Å². The third-order valence-electron chi connectivity index (χ3n) is 5.28.